The van der Waals surface area contributed by atoms with Gasteiger partial charge in [0.1, 0.15) is 5.82 Å². The van der Waals surface area contributed by atoms with E-state index in [-0.39, 0.29) is 24.3 Å². The van der Waals surface area contributed by atoms with Crippen LogP contribution in [0.1, 0.15) is 44.3 Å². The SMILES string of the molecule is C[C@@H](C(=O)NC[C@@H](O)c1cccc(F)c1)N1CCCCCC1. The lowest BCUT2D eigenvalue weighted by Crippen LogP contribution is -2.46. The predicted octanol–water partition coefficient (Wildman–Crippen LogP) is 2.24. The minimum Gasteiger partial charge on any atom is -0.387 e. The summed E-state index contributed by atoms with van der Waals surface area (Å²) in [5, 5.41) is 12.8. The summed E-state index contributed by atoms with van der Waals surface area (Å²) in [5.41, 5.74) is 0.475. The average molecular weight is 308 g/mol. The van der Waals surface area contributed by atoms with Crippen molar-refractivity contribution in [3.8, 4) is 0 Å². The monoisotopic (exact) mass is 308 g/mol. The van der Waals surface area contributed by atoms with Crippen molar-refractivity contribution in [3.05, 3.63) is 35.6 Å². The summed E-state index contributed by atoms with van der Waals surface area (Å²) in [4.78, 5) is 14.4. The number of carbonyl (C=O) groups is 1. The lowest BCUT2D eigenvalue weighted by molar-refractivity contribution is -0.126. The summed E-state index contributed by atoms with van der Waals surface area (Å²) < 4.78 is 13.1. The number of hydrogen-bond donors (Lipinski definition) is 2. The van der Waals surface area contributed by atoms with E-state index in [1.54, 1.807) is 12.1 Å². The van der Waals surface area contributed by atoms with E-state index in [9.17, 15) is 14.3 Å². The molecule has 1 heterocycles. The van der Waals surface area contributed by atoms with Crippen molar-refractivity contribution in [1.82, 2.24) is 10.2 Å². The molecule has 122 valence electrons. The molecule has 0 aromatic heterocycles. The number of nitrogens with zero attached hydrogens (tertiary/aromatic N) is 1. The Labute approximate surface area is 131 Å². The second-order valence-corrected chi connectivity index (χ2v) is 5.94. The van der Waals surface area contributed by atoms with Crippen molar-refractivity contribution in [2.45, 2.75) is 44.8 Å². The van der Waals surface area contributed by atoms with Crippen LogP contribution in [0.15, 0.2) is 24.3 Å². The van der Waals surface area contributed by atoms with Crippen LogP contribution in [0, 0.1) is 5.82 Å². The molecule has 0 unspecified atom stereocenters. The molecule has 1 aliphatic heterocycles. The number of hydrogen-bond acceptors (Lipinski definition) is 3. The first kappa shape index (κ1) is 16.9. The van der Waals surface area contributed by atoms with Crippen LogP contribution in [0.2, 0.25) is 0 Å². The van der Waals surface area contributed by atoms with Crippen LogP contribution in [-0.2, 0) is 4.79 Å². The molecule has 1 aromatic carbocycles. The molecule has 0 bridgehead atoms. The fraction of sp³-hybridized carbons (Fsp3) is 0.588. The zero-order valence-electron chi connectivity index (χ0n) is 13.1. The number of halogens is 1. The Hall–Kier alpha value is -1.46. The first-order valence-electron chi connectivity index (χ1n) is 8.03. The number of benzene rings is 1. The third-order valence-electron chi connectivity index (χ3n) is 4.27. The van der Waals surface area contributed by atoms with Gasteiger partial charge in [0, 0.05) is 6.54 Å². The summed E-state index contributed by atoms with van der Waals surface area (Å²) in [7, 11) is 0. The smallest absolute Gasteiger partial charge is 0.237 e. The van der Waals surface area contributed by atoms with Crippen LogP contribution in [-0.4, -0.2) is 41.6 Å². The molecule has 2 atom stereocenters. The molecule has 0 radical (unpaired) electrons. The van der Waals surface area contributed by atoms with Crippen molar-refractivity contribution in [2.24, 2.45) is 0 Å². The second-order valence-electron chi connectivity index (χ2n) is 5.94. The Morgan fingerprint density at radius 3 is 2.64 bits per heavy atom. The molecular formula is C17H25FN2O2. The first-order chi connectivity index (χ1) is 10.6. The quantitative estimate of drug-likeness (QED) is 0.877. The first-order valence-corrected chi connectivity index (χ1v) is 8.03. The van der Waals surface area contributed by atoms with Gasteiger partial charge in [-0.15, -0.1) is 0 Å². The standard InChI is InChI=1S/C17H25FN2O2/c1-13(20-9-4-2-3-5-10-20)17(22)19-12-16(21)14-7-6-8-15(18)11-14/h6-8,11,13,16,21H,2-5,9-10,12H2,1H3,(H,19,22)/t13-,16+/m0/s1. The minimum atomic E-state index is -0.893. The van der Waals surface area contributed by atoms with Gasteiger partial charge in [0.05, 0.1) is 12.1 Å². The fourth-order valence-corrected chi connectivity index (χ4v) is 2.82. The van der Waals surface area contributed by atoms with Gasteiger partial charge in [0.2, 0.25) is 5.91 Å². The Morgan fingerprint density at radius 2 is 2.00 bits per heavy atom. The average Bonchev–Trinajstić information content (AvgIpc) is 2.80. The molecule has 4 nitrogen and oxygen atoms in total. The van der Waals surface area contributed by atoms with Gasteiger partial charge in [-0.3, -0.25) is 9.69 Å². The van der Waals surface area contributed by atoms with Crippen LogP contribution in [0.4, 0.5) is 4.39 Å². The van der Waals surface area contributed by atoms with Crippen molar-refractivity contribution < 1.29 is 14.3 Å². The maximum atomic E-state index is 13.1. The molecule has 2 rings (SSSR count). The minimum absolute atomic E-state index is 0.0858. The van der Waals surface area contributed by atoms with Gasteiger partial charge in [0.25, 0.3) is 0 Å². The molecule has 1 aliphatic rings. The number of amides is 1. The Balaban J connectivity index is 1.83. The molecule has 1 aromatic rings. The van der Waals surface area contributed by atoms with Gasteiger partial charge in [-0.25, -0.2) is 4.39 Å². The van der Waals surface area contributed by atoms with Crippen LogP contribution < -0.4 is 5.32 Å². The number of rotatable bonds is 5. The maximum Gasteiger partial charge on any atom is 0.237 e. The maximum absolute atomic E-state index is 13.1. The highest BCUT2D eigenvalue weighted by Gasteiger charge is 2.22. The third-order valence-corrected chi connectivity index (χ3v) is 4.27. The molecule has 0 spiro atoms. The fourth-order valence-electron chi connectivity index (χ4n) is 2.82. The van der Waals surface area contributed by atoms with E-state index in [4.69, 9.17) is 0 Å². The lowest BCUT2D eigenvalue weighted by Gasteiger charge is -2.27. The largest absolute Gasteiger partial charge is 0.387 e. The number of carbonyl (C=O) groups excluding carboxylic acids is 1. The zero-order chi connectivity index (χ0) is 15.9. The van der Waals surface area contributed by atoms with Crippen molar-refractivity contribution in [1.29, 1.82) is 0 Å². The van der Waals surface area contributed by atoms with E-state index < -0.39 is 6.10 Å². The van der Waals surface area contributed by atoms with E-state index in [0.29, 0.717) is 5.56 Å². The van der Waals surface area contributed by atoms with E-state index in [1.165, 1.54) is 25.0 Å². The molecule has 0 aliphatic carbocycles. The van der Waals surface area contributed by atoms with Crippen molar-refractivity contribution in [2.75, 3.05) is 19.6 Å². The predicted molar refractivity (Wildman–Crippen MR) is 83.9 cm³/mol. The van der Waals surface area contributed by atoms with E-state index in [0.717, 1.165) is 25.9 Å². The zero-order valence-corrected chi connectivity index (χ0v) is 13.1. The van der Waals surface area contributed by atoms with Crippen LogP contribution in [0.25, 0.3) is 0 Å². The third kappa shape index (κ3) is 4.78. The van der Waals surface area contributed by atoms with Gasteiger partial charge in [-0.1, -0.05) is 25.0 Å². The second kappa shape index (κ2) is 8.25. The Morgan fingerprint density at radius 1 is 1.32 bits per heavy atom. The Kier molecular flexibility index (Phi) is 6.34. The van der Waals surface area contributed by atoms with Crippen LogP contribution in [0.5, 0.6) is 0 Å². The molecular weight excluding hydrogens is 283 g/mol. The number of aliphatic hydroxyl groups excluding tert-OH is 1. The summed E-state index contributed by atoms with van der Waals surface area (Å²) in [5.74, 6) is -0.474. The van der Waals surface area contributed by atoms with Gasteiger partial charge in [-0.05, 0) is 50.6 Å². The Bertz CT molecular complexity index is 487. The molecule has 5 heteroatoms. The van der Waals surface area contributed by atoms with Gasteiger partial charge < -0.3 is 10.4 Å². The van der Waals surface area contributed by atoms with Gasteiger partial charge in [-0.2, -0.15) is 0 Å². The number of likely N-dealkylation sites (tertiary alicyclic amines) is 1. The highest BCUT2D eigenvalue weighted by atomic mass is 19.1. The lowest BCUT2D eigenvalue weighted by atomic mass is 10.1. The number of nitrogens with one attached hydrogen (secondary N) is 1. The van der Waals surface area contributed by atoms with E-state index in [1.807, 2.05) is 6.92 Å². The van der Waals surface area contributed by atoms with Gasteiger partial charge in [0.15, 0.2) is 0 Å². The molecule has 1 amide bonds. The summed E-state index contributed by atoms with van der Waals surface area (Å²) in [6, 6.07) is 5.62. The highest BCUT2D eigenvalue weighted by molar-refractivity contribution is 5.81. The van der Waals surface area contributed by atoms with Gasteiger partial charge >= 0.3 is 0 Å². The van der Waals surface area contributed by atoms with E-state index in [2.05, 4.69) is 10.2 Å². The highest BCUT2D eigenvalue weighted by Crippen LogP contribution is 2.14. The summed E-state index contributed by atoms with van der Waals surface area (Å²) in [6.45, 7) is 3.89. The van der Waals surface area contributed by atoms with Crippen LogP contribution in [0.3, 0.4) is 0 Å². The molecule has 1 fully saturated rings. The van der Waals surface area contributed by atoms with Crippen LogP contribution >= 0.6 is 0 Å². The van der Waals surface area contributed by atoms with Crippen molar-refractivity contribution in [3.63, 3.8) is 0 Å². The summed E-state index contributed by atoms with van der Waals surface area (Å²) >= 11 is 0. The van der Waals surface area contributed by atoms with Crippen molar-refractivity contribution >= 4 is 5.91 Å². The molecule has 1 saturated heterocycles. The topological polar surface area (TPSA) is 52.6 Å². The van der Waals surface area contributed by atoms with E-state index >= 15 is 0 Å². The normalized spacial score (nSPS) is 19.2. The number of aliphatic hydroxyl groups is 1. The molecule has 2 N–H and O–H groups in total. The molecule has 22 heavy (non-hydrogen) atoms. The molecule has 0 saturated carbocycles. The summed E-state index contributed by atoms with van der Waals surface area (Å²) in [6.07, 6.45) is 3.82.